The summed E-state index contributed by atoms with van der Waals surface area (Å²) in [5.41, 5.74) is 0. The van der Waals surface area contributed by atoms with Crippen molar-refractivity contribution in [3.63, 3.8) is 0 Å². The molecule has 2 heterocycles. The topological polar surface area (TPSA) is 37.8 Å². The highest BCUT2D eigenvalue weighted by atomic mass is 32.2. The number of hydrogen-bond donors (Lipinski definition) is 1. The number of fused-ring (bicyclic) bond motifs is 1. The van der Waals surface area contributed by atoms with Crippen molar-refractivity contribution in [1.29, 1.82) is 0 Å². The molecule has 0 aliphatic carbocycles. The van der Waals surface area contributed by atoms with Gasteiger partial charge in [-0.3, -0.25) is 0 Å². The summed E-state index contributed by atoms with van der Waals surface area (Å²) >= 11 is 3.41. The maximum Gasteiger partial charge on any atom is 0.224 e. The van der Waals surface area contributed by atoms with E-state index >= 15 is 0 Å². The van der Waals surface area contributed by atoms with E-state index in [1.54, 1.807) is 23.1 Å². The Balaban J connectivity index is 2.58. The summed E-state index contributed by atoms with van der Waals surface area (Å²) in [6.07, 6.45) is 0. The van der Waals surface area contributed by atoms with Crippen molar-refractivity contribution in [1.82, 2.24) is 9.97 Å². The normalized spacial score (nSPS) is 10.7. The highest BCUT2D eigenvalue weighted by molar-refractivity contribution is 7.99. The van der Waals surface area contributed by atoms with Gasteiger partial charge in [-0.2, -0.15) is 0 Å². The summed E-state index contributed by atoms with van der Waals surface area (Å²) in [5, 5.41) is 7.27. The summed E-state index contributed by atoms with van der Waals surface area (Å²) in [6.45, 7) is 2.13. The van der Waals surface area contributed by atoms with Crippen LogP contribution in [0.4, 0.5) is 5.95 Å². The minimum atomic E-state index is 0.705. The van der Waals surface area contributed by atoms with E-state index in [0.29, 0.717) is 5.95 Å². The molecule has 3 nitrogen and oxygen atoms in total. The zero-order valence-corrected chi connectivity index (χ0v) is 9.71. The number of anilines is 1. The molecule has 0 fully saturated rings. The van der Waals surface area contributed by atoms with Gasteiger partial charge in [0.25, 0.3) is 0 Å². The second-order valence-corrected chi connectivity index (χ2v) is 4.82. The van der Waals surface area contributed by atoms with Crippen LogP contribution in [0.3, 0.4) is 0 Å². The molecule has 0 spiro atoms. The van der Waals surface area contributed by atoms with E-state index in [1.807, 2.05) is 7.05 Å². The van der Waals surface area contributed by atoms with Gasteiger partial charge in [0.2, 0.25) is 5.95 Å². The van der Waals surface area contributed by atoms with Crippen molar-refractivity contribution in [3.8, 4) is 0 Å². The van der Waals surface area contributed by atoms with E-state index in [1.165, 1.54) is 5.39 Å². The molecule has 2 rings (SSSR count). The Bertz CT molecular complexity index is 439. The summed E-state index contributed by atoms with van der Waals surface area (Å²) in [4.78, 5) is 9.86. The van der Waals surface area contributed by atoms with Crippen LogP contribution in [-0.4, -0.2) is 22.8 Å². The predicted molar refractivity (Wildman–Crippen MR) is 63.4 cm³/mol. The van der Waals surface area contributed by atoms with Crippen LogP contribution in [0.2, 0.25) is 0 Å². The molecule has 0 aromatic carbocycles. The summed E-state index contributed by atoms with van der Waals surface area (Å²) in [7, 11) is 1.84. The van der Waals surface area contributed by atoms with Gasteiger partial charge in [0.05, 0.1) is 0 Å². The fourth-order valence-electron chi connectivity index (χ4n) is 1.19. The number of aromatic nitrogens is 2. The van der Waals surface area contributed by atoms with Crippen LogP contribution in [0.25, 0.3) is 10.2 Å². The molecule has 0 saturated heterocycles. The van der Waals surface area contributed by atoms with Crippen molar-refractivity contribution >= 4 is 39.3 Å². The van der Waals surface area contributed by atoms with Gasteiger partial charge in [0, 0.05) is 12.4 Å². The van der Waals surface area contributed by atoms with Gasteiger partial charge in [-0.15, -0.1) is 23.1 Å². The van der Waals surface area contributed by atoms with Crippen LogP contribution in [-0.2, 0) is 0 Å². The first kappa shape index (κ1) is 9.73. The van der Waals surface area contributed by atoms with Crippen molar-refractivity contribution in [2.24, 2.45) is 0 Å². The fourth-order valence-corrected chi connectivity index (χ4v) is 2.76. The Morgan fingerprint density at radius 2 is 2.36 bits per heavy atom. The van der Waals surface area contributed by atoms with Gasteiger partial charge < -0.3 is 5.32 Å². The smallest absolute Gasteiger partial charge is 0.224 e. The SMILES string of the molecule is CCSc1nc(NC)nc2sccc12. The lowest BCUT2D eigenvalue weighted by Crippen LogP contribution is -1.96. The molecule has 0 bridgehead atoms. The van der Waals surface area contributed by atoms with Crippen LogP contribution in [0.15, 0.2) is 16.5 Å². The van der Waals surface area contributed by atoms with Crippen molar-refractivity contribution in [2.75, 3.05) is 18.1 Å². The number of hydrogen-bond acceptors (Lipinski definition) is 5. The van der Waals surface area contributed by atoms with Crippen molar-refractivity contribution in [3.05, 3.63) is 11.4 Å². The van der Waals surface area contributed by atoms with Gasteiger partial charge in [-0.25, -0.2) is 9.97 Å². The van der Waals surface area contributed by atoms with E-state index in [0.717, 1.165) is 15.6 Å². The molecule has 2 aromatic rings. The van der Waals surface area contributed by atoms with E-state index in [-0.39, 0.29) is 0 Å². The molecule has 2 aromatic heterocycles. The van der Waals surface area contributed by atoms with E-state index in [4.69, 9.17) is 0 Å². The van der Waals surface area contributed by atoms with Crippen LogP contribution in [0.5, 0.6) is 0 Å². The standard InChI is InChI=1S/C9H11N3S2/c1-3-13-7-6-4-5-14-8(6)12-9(10-2)11-7/h4-5H,3H2,1-2H3,(H,10,11,12). The largest absolute Gasteiger partial charge is 0.357 e. The van der Waals surface area contributed by atoms with E-state index in [9.17, 15) is 0 Å². The molecule has 5 heteroatoms. The number of thioether (sulfide) groups is 1. The van der Waals surface area contributed by atoms with Gasteiger partial charge >= 0.3 is 0 Å². The van der Waals surface area contributed by atoms with Crippen molar-refractivity contribution < 1.29 is 0 Å². The van der Waals surface area contributed by atoms with E-state index < -0.39 is 0 Å². The predicted octanol–water partition coefficient (Wildman–Crippen LogP) is 2.85. The highest BCUT2D eigenvalue weighted by Gasteiger charge is 2.07. The summed E-state index contributed by atoms with van der Waals surface area (Å²) < 4.78 is 0. The first-order chi connectivity index (χ1) is 6.85. The van der Waals surface area contributed by atoms with Crippen molar-refractivity contribution in [2.45, 2.75) is 11.9 Å². The number of nitrogens with one attached hydrogen (secondary N) is 1. The quantitative estimate of drug-likeness (QED) is 0.644. The molecule has 0 aliphatic heterocycles. The molecular weight excluding hydrogens is 214 g/mol. The van der Waals surface area contributed by atoms with Crippen LogP contribution in [0.1, 0.15) is 6.92 Å². The van der Waals surface area contributed by atoms with Gasteiger partial charge in [-0.1, -0.05) is 6.92 Å². The molecule has 0 radical (unpaired) electrons. The molecule has 0 aliphatic rings. The monoisotopic (exact) mass is 225 g/mol. The fraction of sp³-hybridized carbons (Fsp3) is 0.333. The van der Waals surface area contributed by atoms with Gasteiger partial charge in [-0.05, 0) is 17.2 Å². The molecule has 0 amide bonds. The first-order valence-corrected chi connectivity index (χ1v) is 6.27. The average molecular weight is 225 g/mol. The molecule has 0 atom stereocenters. The Morgan fingerprint density at radius 3 is 3.07 bits per heavy atom. The highest BCUT2D eigenvalue weighted by Crippen LogP contribution is 2.29. The maximum atomic E-state index is 4.43. The molecule has 1 N–H and O–H groups in total. The lowest BCUT2D eigenvalue weighted by molar-refractivity contribution is 1.10. The number of rotatable bonds is 3. The Labute approximate surface area is 91.0 Å². The molecular formula is C9H11N3S2. The molecule has 0 saturated carbocycles. The first-order valence-electron chi connectivity index (χ1n) is 4.41. The lowest BCUT2D eigenvalue weighted by atomic mass is 10.4. The number of thiophene rings is 1. The van der Waals surface area contributed by atoms with Crippen LogP contribution in [0, 0.1) is 0 Å². The Morgan fingerprint density at radius 1 is 1.50 bits per heavy atom. The Hall–Kier alpha value is -0.810. The van der Waals surface area contributed by atoms with E-state index in [2.05, 4.69) is 33.7 Å². The second-order valence-electron chi connectivity index (χ2n) is 2.67. The summed E-state index contributed by atoms with van der Waals surface area (Å²) in [5.74, 6) is 1.74. The minimum Gasteiger partial charge on any atom is -0.357 e. The average Bonchev–Trinajstić information content (AvgIpc) is 2.66. The summed E-state index contributed by atoms with van der Waals surface area (Å²) in [6, 6.07) is 2.08. The number of nitrogens with zero attached hydrogens (tertiary/aromatic N) is 2. The van der Waals surface area contributed by atoms with Gasteiger partial charge in [0.15, 0.2) is 0 Å². The zero-order valence-electron chi connectivity index (χ0n) is 8.07. The van der Waals surface area contributed by atoms with Gasteiger partial charge in [0.1, 0.15) is 9.86 Å². The van der Waals surface area contributed by atoms with Crippen LogP contribution < -0.4 is 5.32 Å². The third kappa shape index (κ3) is 1.69. The maximum absolute atomic E-state index is 4.43. The second kappa shape index (κ2) is 4.14. The molecule has 74 valence electrons. The molecule has 14 heavy (non-hydrogen) atoms. The zero-order chi connectivity index (χ0) is 9.97. The third-order valence-electron chi connectivity index (χ3n) is 1.79. The van der Waals surface area contributed by atoms with Crippen LogP contribution >= 0.6 is 23.1 Å². The Kier molecular flexibility index (Phi) is 2.88. The minimum absolute atomic E-state index is 0.705. The molecule has 0 unspecified atom stereocenters. The third-order valence-corrected chi connectivity index (χ3v) is 3.47. The lowest BCUT2D eigenvalue weighted by Gasteiger charge is -2.03.